The second-order valence-corrected chi connectivity index (χ2v) is 28.7. The van der Waals surface area contributed by atoms with Gasteiger partial charge >= 0.3 is 6.09 Å². The molecule has 5 aromatic rings. The average Bonchev–Trinajstić information content (AvgIpc) is 4.02. The number of amides is 2. The Morgan fingerprint density at radius 3 is 1.81 bits per heavy atom. The Kier molecular flexibility index (Phi) is 17.7. The number of nitrogens with one attached hydrogen (secondary N) is 2. The van der Waals surface area contributed by atoms with E-state index in [1.165, 1.54) is 35.5 Å². The van der Waals surface area contributed by atoms with Gasteiger partial charge in [-0.1, -0.05) is 57.2 Å². The zero-order valence-corrected chi connectivity index (χ0v) is 46.1. The summed E-state index contributed by atoms with van der Waals surface area (Å²) in [5, 5.41) is 15.9. The van der Waals surface area contributed by atoms with Gasteiger partial charge in [-0.25, -0.2) is 26.4 Å². The second kappa shape index (κ2) is 23.0. The number of carbonyl (C=O) groups is 2. The lowest BCUT2D eigenvalue weighted by Crippen LogP contribution is -2.51. The molecule has 4 aromatic carbocycles. The molecule has 1 aliphatic heterocycles. The molecule has 23 heteroatoms. The summed E-state index contributed by atoms with van der Waals surface area (Å²) in [6.07, 6.45) is -1.31. The molecule has 0 radical (unpaired) electrons. The number of rotatable bonds is 22. The number of alkyl carbamates (subject to hydrolysis) is 1. The number of carbonyl (C=O) groups excluding carboxylic acids is 2. The Bertz CT molecular complexity index is 2880. The van der Waals surface area contributed by atoms with Crippen molar-refractivity contribution >= 4 is 46.1 Å². The maximum atomic E-state index is 16.2. The molecule has 1 fully saturated rings. The first kappa shape index (κ1) is 56.2. The Hall–Kier alpha value is -6.11. The van der Waals surface area contributed by atoms with Crippen LogP contribution in [0.4, 0.5) is 10.5 Å². The first-order valence-corrected chi connectivity index (χ1v) is 29.6. The third-order valence-corrected chi connectivity index (χ3v) is 20.8. The third kappa shape index (κ3) is 14.4. The van der Waals surface area contributed by atoms with Gasteiger partial charge in [0.1, 0.15) is 32.6 Å². The number of aromatic nitrogens is 4. The Morgan fingerprint density at radius 2 is 1.33 bits per heavy atom. The van der Waals surface area contributed by atoms with Gasteiger partial charge in [-0.2, -0.15) is 9.10 Å². The molecule has 0 aliphatic carbocycles. The van der Waals surface area contributed by atoms with E-state index >= 15 is 16.8 Å². The SMILES string of the molecule is COc1ccc(CN(Cc2ccc(OC)cc2)S(=O)(=O)c2c(S(=O)(=O)NC[C@@H](CNC(=O)OC(C)(C)C)O[Si](C)(C)C(C)(C)C)ccc(N3CCC(C(N)=O)C3)c2-c2nnn(Cc3ccc(OC)cc3)n2)cc1. The number of primary amides is 1. The average molecular weight is 1060 g/mol. The van der Waals surface area contributed by atoms with Crippen molar-refractivity contribution in [2.75, 3.05) is 52.4 Å². The van der Waals surface area contributed by atoms with E-state index in [9.17, 15) is 9.59 Å². The molecule has 2 heterocycles. The van der Waals surface area contributed by atoms with Crippen LogP contribution in [0.15, 0.2) is 94.7 Å². The van der Waals surface area contributed by atoms with Gasteiger partial charge in [-0.05, 0) is 116 Å². The minimum atomic E-state index is -4.98. The number of benzene rings is 4. The normalized spacial score (nSPS) is 15.0. The van der Waals surface area contributed by atoms with Crippen LogP contribution in [-0.2, 0) is 53.6 Å². The van der Waals surface area contributed by atoms with Gasteiger partial charge in [0.2, 0.25) is 31.8 Å². The summed E-state index contributed by atoms with van der Waals surface area (Å²) in [6, 6.07) is 23.6. The van der Waals surface area contributed by atoms with Crippen molar-refractivity contribution in [1.82, 2.24) is 34.6 Å². The van der Waals surface area contributed by atoms with Gasteiger partial charge in [0, 0.05) is 45.0 Å². The van der Waals surface area contributed by atoms with Crippen molar-refractivity contribution in [3.05, 3.63) is 102 Å². The summed E-state index contributed by atoms with van der Waals surface area (Å²) in [7, 11) is -7.88. The summed E-state index contributed by atoms with van der Waals surface area (Å²) in [4.78, 5) is 27.3. The molecule has 2 amide bonds. The minimum absolute atomic E-state index is 0.102. The molecule has 0 saturated carbocycles. The van der Waals surface area contributed by atoms with E-state index in [0.717, 1.165) is 5.56 Å². The van der Waals surface area contributed by atoms with Gasteiger partial charge in [0.15, 0.2) is 8.32 Å². The highest BCUT2D eigenvalue weighted by atomic mass is 32.2. The zero-order chi connectivity index (χ0) is 53.5. The van der Waals surface area contributed by atoms with Crippen LogP contribution in [0, 0.1) is 5.92 Å². The number of anilines is 1. The van der Waals surface area contributed by atoms with Gasteiger partial charge in [0.25, 0.3) is 0 Å². The number of hydrogen-bond donors (Lipinski definition) is 3. The van der Waals surface area contributed by atoms with Crippen molar-refractivity contribution in [2.24, 2.45) is 11.7 Å². The van der Waals surface area contributed by atoms with Crippen LogP contribution in [0.1, 0.15) is 64.7 Å². The highest BCUT2D eigenvalue weighted by Crippen LogP contribution is 2.43. The van der Waals surface area contributed by atoms with E-state index < -0.39 is 67.8 Å². The summed E-state index contributed by atoms with van der Waals surface area (Å²) >= 11 is 0. The predicted octanol–water partition coefficient (Wildman–Crippen LogP) is 6.31. The Labute approximate surface area is 430 Å². The summed E-state index contributed by atoms with van der Waals surface area (Å²) in [6.45, 7) is 14.7. The molecule has 1 aromatic heterocycles. The number of sulfonamides is 2. The molecule has 73 heavy (non-hydrogen) atoms. The summed E-state index contributed by atoms with van der Waals surface area (Å²) in [5.74, 6) is 0.395. The molecule has 20 nitrogen and oxygen atoms in total. The molecule has 6 rings (SSSR count). The van der Waals surface area contributed by atoms with Crippen molar-refractivity contribution in [1.29, 1.82) is 0 Å². The number of hydrogen-bond acceptors (Lipinski definition) is 15. The number of ether oxygens (including phenoxy) is 4. The maximum absolute atomic E-state index is 16.2. The van der Waals surface area contributed by atoms with Crippen molar-refractivity contribution in [3.8, 4) is 28.6 Å². The molecule has 1 aliphatic rings. The van der Waals surface area contributed by atoms with Crippen LogP contribution in [0.25, 0.3) is 11.4 Å². The zero-order valence-electron chi connectivity index (χ0n) is 43.5. The van der Waals surface area contributed by atoms with E-state index in [2.05, 4.69) is 20.4 Å². The number of nitrogens with two attached hydrogens (primary N) is 1. The van der Waals surface area contributed by atoms with E-state index in [1.54, 1.807) is 93.4 Å². The number of methoxy groups -OCH3 is 3. The van der Waals surface area contributed by atoms with Crippen LogP contribution in [-0.4, -0.2) is 121 Å². The first-order valence-electron chi connectivity index (χ1n) is 23.8. The molecule has 0 bridgehead atoms. The minimum Gasteiger partial charge on any atom is -0.497 e. The van der Waals surface area contributed by atoms with E-state index in [1.807, 2.05) is 46.0 Å². The highest BCUT2D eigenvalue weighted by Gasteiger charge is 2.42. The fourth-order valence-electron chi connectivity index (χ4n) is 7.78. The van der Waals surface area contributed by atoms with Crippen LogP contribution < -0.4 is 34.9 Å². The molecule has 1 saturated heterocycles. The smallest absolute Gasteiger partial charge is 0.407 e. The monoisotopic (exact) mass is 1060 g/mol. The van der Waals surface area contributed by atoms with E-state index in [-0.39, 0.29) is 67.9 Å². The molecule has 1 unspecified atom stereocenters. The van der Waals surface area contributed by atoms with Gasteiger partial charge in [-0.15, -0.1) is 10.2 Å². The molecule has 0 spiro atoms. The summed E-state index contributed by atoms with van der Waals surface area (Å²) in [5.41, 5.74) is 6.97. The summed E-state index contributed by atoms with van der Waals surface area (Å²) < 4.78 is 95.1. The third-order valence-electron chi connectivity index (χ3n) is 12.8. The van der Waals surface area contributed by atoms with Crippen LogP contribution in [0.2, 0.25) is 18.1 Å². The maximum Gasteiger partial charge on any atom is 0.407 e. The standard InChI is InChI=1S/C50H69N9O11S2Si/c1-49(2,3)69-48(61)52-28-41(70-73(10,11)50(4,5)6)29-53-71(62,63)43-25-24-42(57-27-26-37(33-57)46(51)60)44(47-54-56-59(55-47)32-36-16-22-40(68-9)23-17-36)45(43)72(64,65)58(30-34-12-18-38(66-7)19-13-34)31-35-14-20-39(67-8)21-15-35/h12-25,37,41,53H,26-33H2,1-11H3,(H2,51,60)(H,52,61)/t37?,41-/m1/s1. The van der Waals surface area contributed by atoms with Gasteiger partial charge in [0.05, 0.1) is 45.5 Å². The lowest BCUT2D eigenvalue weighted by atomic mass is 10.1. The fraction of sp³-hybridized carbons (Fsp3) is 0.460. The van der Waals surface area contributed by atoms with Gasteiger partial charge in [-0.3, -0.25) is 4.79 Å². The molecule has 2 atom stereocenters. The lowest BCUT2D eigenvalue weighted by molar-refractivity contribution is -0.121. The molecule has 396 valence electrons. The topological polar surface area (TPSA) is 249 Å². The van der Waals surface area contributed by atoms with Crippen molar-refractivity contribution in [3.63, 3.8) is 0 Å². The number of tetrazole rings is 1. The highest BCUT2D eigenvalue weighted by molar-refractivity contribution is 7.92. The van der Waals surface area contributed by atoms with Crippen LogP contribution >= 0.6 is 0 Å². The largest absolute Gasteiger partial charge is 0.497 e. The van der Waals surface area contributed by atoms with Gasteiger partial charge < -0.3 is 39.3 Å². The van der Waals surface area contributed by atoms with E-state index in [0.29, 0.717) is 34.8 Å². The lowest BCUT2D eigenvalue weighted by Gasteiger charge is -2.39. The fourth-order valence-corrected chi connectivity index (χ4v) is 12.6. The van der Waals surface area contributed by atoms with Crippen molar-refractivity contribution < 1.29 is 49.8 Å². The van der Waals surface area contributed by atoms with E-state index in [4.69, 9.17) is 34.2 Å². The molecular weight excluding hydrogens is 995 g/mol. The quantitative estimate of drug-likeness (QED) is 0.0643. The van der Waals surface area contributed by atoms with Crippen LogP contribution in [0.3, 0.4) is 0 Å². The predicted molar refractivity (Wildman–Crippen MR) is 279 cm³/mol. The van der Waals surface area contributed by atoms with Crippen molar-refractivity contribution in [2.45, 2.75) is 107 Å². The molecule has 4 N–H and O–H groups in total. The first-order chi connectivity index (χ1) is 34.2. The Morgan fingerprint density at radius 1 is 0.795 bits per heavy atom. The second-order valence-electron chi connectivity index (χ2n) is 20.3. The molecular formula is C50H69N9O11S2Si. The Balaban J connectivity index is 1.57. The van der Waals surface area contributed by atoms with Crippen LogP contribution in [0.5, 0.6) is 17.2 Å². The number of nitrogens with zero attached hydrogens (tertiary/aromatic N) is 6.